The Hall–Kier alpha value is -2.54. The molecule has 0 spiro atoms. The molecule has 0 saturated heterocycles. The van der Waals surface area contributed by atoms with Gasteiger partial charge >= 0.3 is 0 Å². The Morgan fingerprint density at radius 2 is 2.15 bits per heavy atom. The van der Waals surface area contributed by atoms with Crippen molar-refractivity contribution >= 4 is 27.3 Å². The Balaban J connectivity index is 1.82. The molecule has 0 radical (unpaired) electrons. The summed E-state index contributed by atoms with van der Waals surface area (Å²) in [5, 5.41) is 10.0. The largest absolute Gasteiger partial charge is 0.269 e. The third-order valence-electron chi connectivity index (χ3n) is 3.09. The maximum absolute atomic E-state index is 11.9. The van der Waals surface area contributed by atoms with Crippen molar-refractivity contribution in [2.45, 2.75) is 6.54 Å². The minimum Gasteiger partial charge on any atom is -0.269 e. The molecule has 0 aliphatic heterocycles. The monoisotopic (exact) mass is 283 g/mol. The summed E-state index contributed by atoms with van der Waals surface area (Å²) in [4.78, 5) is 17.1. The lowest BCUT2D eigenvalue weighted by Crippen LogP contribution is -2.15. The molecule has 98 valence electrons. The van der Waals surface area contributed by atoms with Crippen LogP contribution in [0.15, 0.2) is 46.7 Å². The van der Waals surface area contributed by atoms with Crippen LogP contribution in [0.2, 0.25) is 0 Å². The Kier molecular flexibility index (Phi) is 2.40. The molecule has 3 aromatic heterocycles. The zero-order valence-electron chi connectivity index (χ0n) is 10.3. The lowest BCUT2D eigenvalue weighted by Gasteiger charge is -2.02. The fraction of sp³-hybridized carbons (Fsp3) is 0.0769. The molecule has 7 heteroatoms. The SMILES string of the molecule is O=c1cc(Cn2nnc3ccccc32)nc2sccn12. The molecule has 0 fully saturated rings. The highest BCUT2D eigenvalue weighted by Crippen LogP contribution is 2.12. The minimum atomic E-state index is -0.0735. The van der Waals surface area contributed by atoms with Gasteiger partial charge in [-0.15, -0.1) is 16.4 Å². The Bertz CT molecular complexity index is 967. The van der Waals surface area contributed by atoms with Crippen molar-refractivity contribution in [1.29, 1.82) is 0 Å². The van der Waals surface area contributed by atoms with Crippen LogP contribution in [0.1, 0.15) is 5.69 Å². The van der Waals surface area contributed by atoms with Crippen LogP contribution in [0, 0.1) is 0 Å². The molecule has 0 saturated carbocycles. The Labute approximate surface area is 116 Å². The second kappa shape index (κ2) is 4.24. The van der Waals surface area contributed by atoms with E-state index in [9.17, 15) is 4.79 Å². The van der Waals surface area contributed by atoms with E-state index in [1.165, 1.54) is 21.8 Å². The zero-order valence-corrected chi connectivity index (χ0v) is 11.1. The fourth-order valence-electron chi connectivity index (χ4n) is 2.16. The van der Waals surface area contributed by atoms with Crippen LogP contribution < -0.4 is 5.56 Å². The summed E-state index contributed by atoms with van der Waals surface area (Å²) >= 11 is 1.44. The number of hydrogen-bond donors (Lipinski definition) is 0. The van der Waals surface area contributed by atoms with E-state index < -0.39 is 0 Å². The van der Waals surface area contributed by atoms with Gasteiger partial charge in [-0.3, -0.25) is 9.20 Å². The van der Waals surface area contributed by atoms with Gasteiger partial charge in [0.2, 0.25) is 0 Å². The van der Waals surface area contributed by atoms with Gasteiger partial charge < -0.3 is 0 Å². The molecular weight excluding hydrogens is 274 g/mol. The molecular formula is C13H9N5OS. The summed E-state index contributed by atoms with van der Waals surface area (Å²) < 4.78 is 3.29. The minimum absolute atomic E-state index is 0.0735. The molecule has 0 N–H and O–H groups in total. The van der Waals surface area contributed by atoms with Gasteiger partial charge in [-0.05, 0) is 12.1 Å². The van der Waals surface area contributed by atoms with E-state index >= 15 is 0 Å². The van der Waals surface area contributed by atoms with Crippen molar-refractivity contribution in [2.75, 3.05) is 0 Å². The number of nitrogens with zero attached hydrogens (tertiary/aromatic N) is 5. The molecule has 3 heterocycles. The van der Waals surface area contributed by atoms with E-state index in [1.54, 1.807) is 10.9 Å². The molecule has 0 aliphatic carbocycles. The van der Waals surface area contributed by atoms with E-state index in [0.29, 0.717) is 17.2 Å². The van der Waals surface area contributed by atoms with Crippen LogP contribution in [-0.2, 0) is 6.54 Å². The van der Waals surface area contributed by atoms with Crippen molar-refractivity contribution in [2.24, 2.45) is 0 Å². The second-order valence-electron chi connectivity index (χ2n) is 4.38. The number of fused-ring (bicyclic) bond motifs is 2. The Morgan fingerprint density at radius 3 is 3.10 bits per heavy atom. The summed E-state index contributed by atoms with van der Waals surface area (Å²) in [5.74, 6) is 0. The third kappa shape index (κ3) is 1.71. The molecule has 0 unspecified atom stereocenters. The average molecular weight is 283 g/mol. The third-order valence-corrected chi connectivity index (χ3v) is 3.84. The predicted octanol–water partition coefficient (Wildman–Crippen LogP) is 1.55. The number of benzene rings is 1. The van der Waals surface area contributed by atoms with E-state index in [4.69, 9.17) is 0 Å². The lowest BCUT2D eigenvalue weighted by molar-refractivity contribution is 0.657. The summed E-state index contributed by atoms with van der Waals surface area (Å²) in [7, 11) is 0. The summed E-state index contributed by atoms with van der Waals surface area (Å²) in [5.41, 5.74) is 2.38. The van der Waals surface area contributed by atoms with Gasteiger partial charge in [-0.2, -0.15) is 0 Å². The molecule has 0 aliphatic rings. The molecule has 1 aromatic carbocycles. The second-order valence-corrected chi connectivity index (χ2v) is 5.25. The van der Waals surface area contributed by atoms with Gasteiger partial charge in [0, 0.05) is 17.6 Å². The van der Waals surface area contributed by atoms with Crippen LogP contribution in [0.5, 0.6) is 0 Å². The van der Waals surface area contributed by atoms with Gasteiger partial charge in [0.25, 0.3) is 5.56 Å². The van der Waals surface area contributed by atoms with E-state index in [0.717, 1.165) is 11.0 Å². The fourth-order valence-corrected chi connectivity index (χ4v) is 2.90. The molecule has 4 aromatic rings. The number of aromatic nitrogens is 5. The van der Waals surface area contributed by atoms with Gasteiger partial charge in [0.15, 0.2) is 4.96 Å². The number of thiazole rings is 1. The lowest BCUT2D eigenvalue weighted by atomic mass is 10.3. The molecule has 0 atom stereocenters. The van der Waals surface area contributed by atoms with Gasteiger partial charge in [-0.1, -0.05) is 17.3 Å². The van der Waals surface area contributed by atoms with E-state index in [-0.39, 0.29) is 5.56 Å². The first-order valence-corrected chi connectivity index (χ1v) is 6.93. The summed E-state index contributed by atoms with van der Waals surface area (Å²) in [6, 6.07) is 9.25. The first-order valence-electron chi connectivity index (χ1n) is 6.05. The van der Waals surface area contributed by atoms with Gasteiger partial charge in [-0.25, -0.2) is 9.67 Å². The smallest absolute Gasteiger partial charge is 0.258 e. The average Bonchev–Trinajstić information content (AvgIpc) is 3.07. The first kappa shape index (κ1) is 11.3. The maximum Gasteiger partial charge on any atom is 0.258 e. The first-order chi connectivity index (χ1) is 9.81. The van der Waals surface area contributed by atoms with Crippen LogP contribution in [0.4, 0.5) is 0 Å². The normalized spacial score (nSPS) is 11.4. The van der Waals surface area contributed by atoms with Crippen LogP contribution >= 0.6 is 11.3 Å². The molecule has 0 amide bonds. The highest BCUT2D eigenvalue weighted by molar-refractivity contribution is 7.15. The van der Waals surface area contributed by atoms with Gasteiger partial charge in [0.05, 0.1) is 17.8 Å². The van der Waals surface area contributed by atoms with Crippen molar-refractivity contribution in [3.8, 4) is 0 Å². The molecule has 0 bridgehead atoms. The van der Waals surface area contributed by atoms with Crippen molar-refractivity contribution in [1.82, 2.24) is 24.4 Å². The standard InChI is InChI=1S/C13H9N5OS/c19-12-7-9(14-13-17(12)5-6-20-13)8-18-11-4-2-1-3-10(11)15-16-18/h1-7H,8H2. The van der Waals surface area contributed by atoms with Crippen LogP contribution in [0.3, 0.4) is 0 Å². The van der Waals surface area contributed by atoms with Crippen molar-refractivity contribution in [3.05, 3.63) is 58.0 Å². The molecule has 4 rings (SSSR count). The Morgan fingerprint density at radius 1 is 1.25 bits per heavy atom. The number of rotatable bonds is 2. The highest BCUT2D eigenvalue weighted by Gasteiger charge is 2.07. The van der Waals surface area contributed by atoms with Crippen LogP contribution in [-0.4, -0.2) is 24.4 Å². The van der Waals surface area contributed by atoms with E-state index in [2.05, 4.69) is 15.3 Å². The van der Waals surface area contributed by atoms with Crippen molar-refractivity contribution < 1.29 is 0 Å². The topological polar surface area (TPSA) is 65.1 Å². The predicted molar refractivity (Wildman–Crippen MR) is 76.0 cm³/mol. The van der Waals surface area contributed by atoms with E-state index in [1.807, 2.05) is 29.6 Å². The molecule has 6 nitrogen and oxygen atoms in total. The number of para-hydroxylation sites is 1. The maximum atomic E-state index is 11.9. The summed E-state index contributed by atoms with van der Waals surface area (Å²) in [6.45, 7) is 0.435. The summed E-state index contributed by atoms with van der Waals surface area (Å²) in [6.07, 6.45) is 1.73. The quantitative estimate of drug-likeness (QED) is 0.560. The highest BCUT2D eigenvalue weighted by atomic mass is 32.1. The number of hydrogen-bond acceptors (Lipinski definition) is 5. The zero-order chi connectivity index (χ0) is 13.5. The van der Waals surface area contributed by atoms with Gasteiger partial charge in [0.1, 0.15) is 5.52 Å². The van der Waals surface area contributed by atoms with Crippen molar-refractivity contribution in [3.63, 3.8) is 0 Å². The molecule has 20 heavy (non-hydrogen) atoms. The van der Waals surface area contributed by atoms with Crippen LogP contribution in [0.25, 0.3) is 16.0 Å².